The zero-order chi connectivity index (χ0) is 26.6. The van der Waals surface area contributed by atoms with Crippen LogP contribution in [-0.2, 0) is 11.8 Å². The predicted octanol–water partition coefficient (Wildman–Crippen LogP) is 4.98. The van der Waals surface area contributed by atoms with Crippen molar-refractivity contribution in [3.05, 3.63) is 53.6 Å². The smallest absolute Gasteiger partial charge is 0.410 e. The summed E-state index contributed by atoms with van der Waals surface area (Å²) >= 11 is 6.25. The molecule has 1 amide bonds. The van der Waals surface area contributed by atoms with Crippen LogP contribution < -0.4 is 10.2 Å². The van der Waals surface area contributed by atoms with E-state index in [0.29, 0.717) is 40.6 Å². The van der Waals surface area contributed by atoms with Gasteiger partial charge < -0.3 is 15.0 Å². The van der Waals surface area contributed by atoms with E-state index in [-0.39, 0.29) is 18.2 Å². The molecule has 0 spiro atoms. The van der Waals surface area contributed by atoms with E-state index in [1.165, 1.54) is 5.56 Å². The van der Waals surface area contributed by atoms with E-state index >= 15 is 0 Å². The molecular weight excluding hydrogens is 504 g/mol. The number of hydrogen-bond donors (Lipinski definition) is 1. The van der Waals surface area contributed by atoms with E-state index < -0.39 is 0 Å². The molecule has 2 aliphatic rings. The van der Waals surface area contributed by atoms with Gasteiger partial charge in [-0.3, -0.25) is 9.58 Å². The minimum absolute atomic E-state index is 0.0508. The molecule has 3 aromatic heterocycles. The molecule has 0 unspecified atom stereocenters. The predicted molar refractivity (Wildman–Crippen MR) is 147 cm³/mol. The van der Waals surface area contributed by atoms with E-state index in [2.05, 4.69) is 57.3 Å². The number of carbonyl (C=O) groups excluding carboxylic acids is 1. The van der Waals surface area contributed by atoms with Crippen LogP contribution in [0.15, 0.2) is 42.9 Å². The summed E-state index contributed by atoms with van der Waals surface area (Å²) in [7, 11) is 1.80. The minimum Gasteiger partial charge on any atom is -0.444 e. The first-order valence-electron chi connectivity index (χ1n) is 12.7. The van der Waals surface area contributed by atoms with Gasteiger partial charge in [-0.05, 0) is 42.0 Å². The number of halogens is 1. The number of nitrogens with zero attached hydrogens (tertiary/aromatic N) is 7. The van der Waals surface area contributed by atoms with Crippen LogP contribution in [0.5, 0.6) is 0 Å². The van der Waals surface area contributed by atoms with Crippen LogP contribution >= 0.6 is 11.6 Å². The Labute approximate surface area is 225 Å². The van der Waals surface area contributed by atoms with Crippen molar-refractivity contribution in [3.8, 4) is 11.4 Å². The lowest BCUT2D eigenvalue weighted by atomic mass is 9.94. The zero-order valence-electron chi connectivity index (χ0n) is 21.7. The molecular formula is C27H29ClN8O2. The van der Waals surface area contributed by atoms with Crippen LogP contribution in [0.25, 0.3) is 22.2 Å². The van der Waals surface area contributed by atoms with Gasteiger partial charge >= 0.3 is 6.09 Å². The van der Waals surface area contributed by atoms with E-state index in [0.717, 1.165) is 29.5 Å². The Bertz CT molecular complexity index is 1530. The third kappa shape index (κ3) is 4.38. The summed E-state index contributed by atoms with van der Waals surface area (Å²) in [5.41, 5.74) is 3.03. The fourth-order valence-electron chi connectivity index (χ4n) is 5.17. The molecule has 10 nitrogen and oxygen atoms in total. The van der Waals surface area contributed by atoms with Gasteiger partial charge in [0, 0.05) is 49.8 Å². The summed E-state index contributed by atoms with van der Waals surface area (Å²) in [6, 6.07) is 8.40. The summed E-state index contributed by atoms with van der Waals surface area (Å²) in [4.78, 5) is 30.0. The van der Waals surface area contributed by atoms with Crippen molar-refractivity contribution < 1.29 is 9.53 Å². The molecule has 0 radical (unpaired) electrons. The summed E-state index contributed by atoms with van der Waals surface area (Å²) in [6.45, 7) is 8.52. The number of ether oxygens (including phenoxy) is 1. The van der Waals surface area contributed by atoms with Crippen molar-refractivity contribution in [3.63, 3.8) is 0 Å². The molecule has 1 N–H and O–H groups in total. The van der Waals surface area contributed by atoms with Crippen molar-refractivity contribution in [1.29, 1.82) is 0 Å². The van der Waals surface area contributed by atoms with Crippen LogP contribution in [0.3, 0.4) is 0 Å². The van der Waals surface area contributed by atoms with Gasteiger partial charge in [0.25, 0.3) is 0 Å². The average molecular weight is 533 g/mol. The number of fused-ring (bicyclic) bond motifs is 1. The number of aromatic nitrogens is 5. The second kappa shape index (κ2) is 9.43. The van der Waals surface area contributed by atoms with Crippen LogP contribution in [-0.4, -0.2) is 67.5 Å². The monoisotopic (exact) mass is 532 g/mol. The number of cyclic esters (lactones) is 1. The third-order valence-electron chi connectivity index (χ3n) is 7.10. The number of nitrogens with one attached hydrogen (secondary N) is 1. The minimum atomic E-state index is -0.210. The highest BCUT2D eigenvalue weighted by atomic mass is 35.5. The number of anilines is 3. The highest BCUT2D eigenvalue weighted by Crippen LogP contribution is 2.37. The summed E-state index contributed by atoms with van der Waals surface area (Å²) < 4.78 is 6.95. The van der Waals surface area contributed by atoms with Crippen molar-refractivity contribution in [2.45, 2.75) is 38.8 Å². The van der Waals surface area contributed by atoms with E-state index in [4.69, 9.17) is 21.3 Å². The zero-order valence-corrected chi connectivity index (χ0v) is 22.5. The number of pyridine rings is 1. The first-order valence-corrected chi connectivity index (χ1v) is 13.1. The van der Waals surface area contributed by atoms with Gasteiger partial charge in [-0.15, -0.1) is 0 Å². The molecule has 1 atom stereocenters. The van der Waals surface area contributed by atoms with Crippen LogP contribution in [0.4, 0.5) is 22.1 Å². The maximum atomic E-state index is 12.1. The molecule has 11 heteroatoms. The van der Waals surface area contributed by atoms with Crippen LogP contribution in [0.1, 0.15) is 32.3 Å². The lowest BCUT2D eigenvalue weighted by Crippen LogP contribution is -2.60. The van der Waals surface area contributed by atoms with E-state index in [1.807, 2.05) is 18.0 Å². The number of carbonyl (C=O) groups is 1. The number of aryl methyl sites for hydroxylation is 1. The highest BCUT2D eigenvalue weighted by Gasteiger charge is 2.40. The molecule has 6 rings (SSSR count). The molecule has 5 heterocycles. The maximum absolute atomic E-state index is 12.1. The molecule has 0 bridgehead atoms. The molecule has 2 fully saturated rings. The Morgan fingerprint density at radius 2 is 1.92 bits per heavy atom. The van der Waals surface area contributed by atoms with Gasteiger partial charge in [-0.2, -0.15) is 5.10 Å². The first-order chi connectivity index (χ1) is 18.3. The number of hydrogen-bond acceptors (Lipinski definition) is 8. The van der Waals surface area contributed by atoms with Crippen molar-refractivity contribution in [2.75, 3.05) is 29.9 Å². The molecule has 2 saturated heterocycles. The molecule has 196 valence electrons. The van der Waals surface area contributed by atoms with Crippen LogP contribution in [0.2, 0.25) is 5.15 Å². The fraction of sp³-hybridized carbons (Fsp3) is 0.370. The SMILES string of the molecule is CC(C)c1ccc(N2CC(N3C[C@@H](C)OC3=O)C2)c2cnc(Nc3ccnc(-c4cn(C)nc4Cl)n3)cc12. The quantitative estimate of drug-likeness (QED) is 0.371. The Kier molecular flexibility index (Phi) is 6.06. The molecule has 2 aliphatic heterocycles. The van der Waals surface area contributed by atoms with E-state index in [1.54, 1.807) is 30.2 Å². The van der Waals surface area contributed by atoms with Gasteiger partial charge in [0.2, 0.25) is 0 Å². The van der Waals surface area contributed by atoms with E-state index in [9.17, 15) is 4.79 Å². The first kappa shape index (κ1) is 24.4. The van der Waals surface area contributed by atoms with Gasteiger partial charge in [-0.25, -0.2) is 19.7 Å². The second-order valence-corrected chi connectivity index (χ2v) is 10.6. The molecule has 0 aliphatic carbocycles. The van der Waals surface area contributed by atoms with Gasteiger partial charge in [0.05, 0.1) is 18.2 Å². The van der Waals surface area contributed by atoms with Crippen LogP contribution in [0, 0.1) is 0 Å². The maximum Gasteiger partial charge on any atom is 0.410 e. The molecule has 4 aromatic rings. The van der Waals surface area contributed by atoms with Crippen molar-refractivity contribution >= 4 is 45.8 Å². The number of amides is 1. The molecule has 1 aromatic carbocycles. The summed E-state index contributed by atoms with van der Waals surface area (Å²) in [5, 5.41) is 10.1. The number of rotatable bonds is 6. The third-order valence-corrected chi connectivity index (χ3v) is 7.38. The standard InChI is InChI=1S/C27H29ClN8O2/c1-15(2)18-5-6-22(35-12-17(13-35)36-11-16(3)38-27(36)37)20-10-30-24(9-19(18)20)31-23-7-8-29-26(32-23)21-14-34(4)33-25(21)28/h5-10,14-17H,11-13H2,1-4H3,(H,29,30,31,32)/t16-/m1/s1. The highest BCUT2D eigenvalue weighted by molar-refractivity contribution is 6.31. The van der Waals surface area contributed by atoms with Gasteiger partial charge in [0.1, 0.15) is 17.7 Å². The van der Waals surface area contributed by atoms with Gasteiger partial charge in [-0.1, -0.05) is 31.5 Å². The Balaban J connectivity index is 1.28. The Morgan fingerprint density at radius 3 is 2.61 bits per heavy atom. The lowest BCUT2D eigenvalue weighted by Gasteiger charge is -2.45. The molecule has 38 heavy (non-hydrogen) atoms. The Morgan fingerprint density at radius 1 is 1.11 bits per heavy atom. The Hall–Kier alpha value is -3.92. The van der Waals surface area contributed by atoms with Crippen molar-refractivity contribution in [2.24, 2.45) is 7.05 Å². The molecule has 0 saturated carbocycles. The van der Waals surface area contributed by atoms with Gasteiger partial charge in [0.15, 0.2) is 11.0 Å². The number of benzene rings is 1. The fourth-order valence-corrected chi connectivity index (χ4v) is 5.42. The summed E-state index contributed by atoms with van der Waals surface area (Å²) in [6.07, 6.45) is 5.13. The normalized spacial score (nSPS) is 17.8. The van der Waals surface area contributed by atoms with Crippen molar-refractivity contribution in [1.82, 2.24) is 29.6 Å². The largest absolute Gasteiger partial charge is 0.444 e. The second-order valence-electron chi connectivity index (χ2n) is 10.2. The lowest BCUT2D eigenvalue weighted by molar-refractivity contribution is 0.129. The average Bonchev–Trinajstić information content (AvgIpc) is 3.37. The topological polar surface area (TPSA) is 101 Å². The summed E-state index contributed by atoms with van der Waals surface area (Å²) in [5.74, 6) is 2.13.